The predicted octanol–water partition coefficient (Wildman–Crippen LogP) is 5.33. The number of rotatable bonds is 5. The first-order valence-electron chi connectivity index (χ1n) is 9.27. The van der Waals surface area contributed by atoms with Crippen molar-refractivity contribution in [2.24, 2.45) is 0 Å². The van der Waals surface area contributed by atoms with E-state index in [1.54, 1.807) is 37.3 Å². The average molecular weight is 437 g/mol. The third-order valence-corrected chi connectivity index (χ3v) is 5.80. The van der Waals surface area contributed by atoms with Crippen LogP contribution < -0.4 is 0 Å². The molecule has 3 aromatic rings. The molecule has 0 saturated carbocycles. The van der Waals surface area contributed by atoms with Gasteiger partial charge < -0.3 is 9.52 Å². The van der Waals surface area contributed by atoms with E-state index in [1.807, 2.05) is 0 Å². The molecular formula is C23H16FNO5S. The van der Waals surface area contributed by atoms with Crippen molar-refractivity contribution in [3.05, 3.63) is 87.8 Å². The number of hydrogen-bond acceptors (Lipinski definition) is 5. The van der Waals surface area contributed by atoms with E-state index in [2.05, 4.69) is 0 Å². The Labute approximate surface area is 181 Å². The number of amides is 2. The van der Waals surface area contributed by atoms with Gasteiger partial charge in [-0.05, 0) is 48.5 Å². The lowest BCUT2D eigenvalue weighted by Crippen LogP contribution is -2.27. The highest BCUT2D eigenvalue weighted by Gasteiger charge is 2.35. The minimum atomic E-state index is -1.03. The number of carbonyl (C=O) groups excluding carboxylic acids is 2. The molecule has 0 radical (unpaired) electrons. The van der Waals surface area contributed by atoms with Crippen LogP contribution in [0, 0.1) is 12.7 Å². The van der Waals surface area contributed by atoms with Gasteiger partial charge in [-0.3, -0.25) is 14.5 Å². The summed E-state index contributed by atoms with van der Waals surface area (Å²) in [5.74, 6) is -1.26. The van der Waals surface area contributed by atoms with Gasteiger partial charge in [0.2, 0.25) is 0 Å². The number of carboxylic acid groups (broad SMARTS) is 1. The number of aromatic carboxylic acids is 1. The molecule has 2 heterocycles. The first-order chi connectivity index (χ1) is 14.8. The Hall–Kier alpha value is -3.65. The maximum atomic E-state index is 13.9. The van der Waals surface area contributed by atoms with Crippen LogP contribution in [-0.4, -0.2) is 27.1 Å². The van der Waals surface area contributed by atoms with Crippen LogP contribution in [0.3, 0.4) is 0 Å². The quantitative estimate of drug-likeness (QED) is 0.543. The first kappa shape index (κ1) is 20.6. The lowest BCUT2D eigenvalue weighted by atomic mass is 10.0. The van der Waals surface area contributed by atoms with Gasteiger partial charge in [0.25, 0.3) is 11.1 Å². The van der Waals surface area contributed by atoms with Crippen molar-refractivity contribution in [2.75, 3.05) is 0 Å². The third kappa shape index (κ3) is 4.02. The molecule has 31 heavy (non-hydrogen) atoms. The molecule has 0 atom stereocenters. The maximum absolute atomic E-state index is 13.9. The Morgan fingerprint density at radius 1 is 1.13 bits per heavy atom. The summed E-state index contributed by atoms with van der Waals surface area (Å²) in [6.07, 6.45) is 1.45. The van der Waals surface area contributed by atoms with Gasteiger partial charge in [0.05, 0.1) is 17.0 Å². The van der Waals surface area contributed by atoms with Crippen molar-refractivity contribution >= 4 is 35.0 Å². The number of nitrogens with zero attached hydrogens (tertiary/aromatic N) is 1. The minimum Gasteiger partial charge on any atom is -0.478 e. The molecule has 1 aromatic heterocycles. The molecule has 0 bridgehead atoms. The fraction of sp³-hybridized carbons (Fsp3) is 0.0870. The van der Waals surface area contributed by atoms with Gasteiger partial charge in [-0.25, -0.2) is 9.18 Å². The topological polar surface area (TPSA) is 87.8 Å². The average Bonchev–Trinajstić information content (AvgIpc) is 3.29. The second kappa shape index (κ2) is 8.23. The highest BCUT2D eigenvalue weighted by atomic mass is 32.2. The first-order valence-corrected chi connectivity index (χ1v) is 10.1. The van der Waals surface area contributed by atoms with E-state index >= 15 is 0 Å². The zero-order valence-electron chi connectivity index (χ0n) is 16.3. The Balaban J connectivity index is 1.58. The molecule has 1 saturated heterocycles. The van der Waals surface area contributed by atoms with Crippen LogP contribution in [0.4, 0.5) is 9.18 Å². The predicted molar refractivity (Wildman–Crippen MR) is 114 cm³/mol. The van der Waals surface area contributed by atoms with E-state index in [4.69, 9.17) is 4.42 Å². The van der Waals surface area contributed by atoms with Gasteiger partial charge in [-0.1, -0.05) is 30.3 Å². The van der Waals surface area contributed by atoms with Crippen LogP contribution in [0.25, 0.3) is 17.4 Å². The zero-order chi connectivity index (χ0) is 22.1. The lowest BCUT2D eigenvalue weighted by Gasteiger charge is -2.12. The van der Waals surface area contributed by atoms with Crippen LogP contribution in [0.15, 0.2) is 63.9 Å². The maximum Gasteiger partial charge on any atom is 0.335 e. The molecule has 0 spiro atoms. The molecule has 2 aromatic carbocycles. The molecule has 0 unspecified atom stereocenters. The summed E-state index contributed by atoms with van der Waals surface area (Å²) >= 11 is 0.755. The number of thioether (sulfide) groups is 1. The third-order valence-electron chi connectivity index (χ3n) is 4.89. The molecule has 1 fully saturated rings. The molecule has 1 aliphatic heterocycles. The number of carbonyl (C=O) groups is 3. The molecule has 4 rings (SSSR count). The summed E-state index contributed by atoms with van der Waals surface area (Å²) in [7, 11) is 0. The van der Waals surface area contributed by atoms with Crippen molar-refractivity contribution in [2.45, 2.75) is 13.5 Å². The SMILES string of the molecule is Cc1c(C(=O)O)cccc1-c1ccc(/C=C2\SC(=O)N(Cc3ccccc3F)C2=O)o1. The van der Waals surface area contributed by atoms with Crippen LogP contribution in [-0.2, 0) is 11.3 Å². The van der Waals surface area contributed by atoms with Crippen molar-refractivity contribution in [1.29, 1.82) is 0 Å². The number of furan rings is 1. The summed E-state index contributed by atoms with van der Waals surface area (Å²) in [4.78, 5) is 37.5. The molecule has 2 amide bonds. The Morgan fingerprint density at radius 3 is 2.65 bits per heavy atom. The normalized spacial score (nSPS) is 15.2. The highest BCUT2D eigenvalue weighted by molar-refractivity contribution is 8.18. The largest absolute Gasteiger partial charge is 0.478 e. The lowest BCUT2D eigenvalue weighted by molar-refractivity contribution is -0.123. The van der Waals surface area contributed by atoms with Gasteiger partial charge in [0.1, 0.15) is 17.3 Å². The molecule has 6 nitrogen and oxygen atoms in total. The van der Waals surface area contributed by atoms with Gasteiger partial charge >= 0.3 is 5.97 Å². The Bertz CT molecular complexity index is 1250. The van der Waals surface area contributed by atoms with E-state index in [-0.39, 0.29) is 22.6 Å². The fourth-order valence-electron chi connectivity index (χ4n) is 3.27. The standard InChI is InChI=1S/C23H16FNO5S/c1-13-16(6-4-7-17(13)22(27)28)19-10-9-15(30-19)11-20-21(26)25(23(29)31-20)12-14-5-2-3-8-18(14)24/h2-11H,12H2,1H3,(H,27,28)/b20-11-. The number of benzene rings is 2. The monoisotopic (exact) mass is 437 g/mol. The van der Waals surface area contributed by atoms with Crippen molar-refractivity contribution in [3.8, 4) is 11.3 Å². The van der Waals surface area contributed by atoms with E-state index in [1.165, 1.54) is 30.3 Å². The van der Waals surface area contributed by atoms with E-state index in [9.17, 15) is 23.9 Å². The van der Waals surface area contributed by atoms with Crippen LogP contribution in [0.5, 0.6) is 0 Å². The number of carboxylic acids is 1. The molecule has 156 valence electrons. The fourth-order valence-corrected chi connectivity index (χ4v) is 4.09. The number of halogens is 1. The zero-order valence-corrected chi connectivity index (χ0v) is 17.1. The van der Waals surface area contributed by atoms with Gasteiger partial charge in [-0.2, -0.15) is 0 Å². The summed E-state index contributed by atoms with van der Waals surface area (Å²) in [6.45, 7) is 1.54. The second-order valence-electron chi connectivity index (χ2n) is 6.84. The van der Waals surface area contributed by atoms with Crippen molar-refractivity contribution in [1.82, 2.24) is 4.90 Å². The minimum absolute atomic E-state index is 0.154. The summed E-state index contributed by atoms with van der Waals surface area (Å²) < 4.78 is 19.7. The summed E-state index contributed by atoms with van der Waals surface area (Å²) in [5, 5.41) is 8.80. The van der Waals surface area contributed by atoms with E-state index < -0.39 is 22.9 Å². The number of imide groups is 1. The van der Waals surface area contributed by atoms with Gasteiger partial charge in [-0.15, -0.1) is 0 Å². The molecule has 0 aliphatic carbocycles. The van der Waals surface area contributed by atoms with Crippen LogP contribution in [0.2, 0.25) is 0 Å². The van der Waals surface area contributed by atoms with Crippen LogP contribution in [0.1, 0.15) is 27.2 Å². The van der Waals surface area contributed by atoms with Gasteiger partial charge in [0, 0.05) is 17.2 Å². The second-order valence-corrected chi connectivity index (χ2v) is 7.84. The molecular weight excluding hydrogens is 421 g/mol. The molecule has 8 heteroatoms. The van der Waals surface area contributed by atoms with E-state index in [0.717, 1.165) is 16.7 Å². The Kier molecular flexibility index (Phi) is 5.48. The van der Waals surface area contributed by atoms with Gasteiger partial charge in [0.15, 0.2) is 0 Å². The highest BCUT2D eigenvalue weighted by Crippen LogP contribution is 2.35. The Morgan fingerprint density at radius 2 is 1.90 bits per heavy atom. The molecule has 1 N–H and O–H groups in total. The smallest absolute Gasteiger partial charge is 0.335 e. The molecule has 1 aliphatic rings. The van der Waals surface area contributed by atoms with Crippen molar-refractivity contribution in [3.63, 3.8) is 0 Å². The summed E-state index contributed by atoms with van der Waals surface area (Å²) in [6, 6.07) is 14.2. The van der Waals surface area contributed by atoms with Crippen molar-refractivity contribution < 1.29 is 28.3 Å². The van der Waals surface area contributed by atoms with E-state index in [0.29, 0.717) is 22.6 Å². The van der Waals surface area contributed by atoms with Crippen LogP contribution >= 0.6 is 11.8 Å². The summed E-state index contributed by atoms with van der Waals surface area (Å²) in [5.41, 5.74) is 1.60. The number of hydrogen-bond donors (Lipinski definition) is 1.